The first-order valence-electron chi connectivity index (χ1n) is 9.30. The predicted octanol–water partition coefficient (Wildman–Crippen LogP) is 1.78. The van der Waals surface area contributed by atoms with Gasteiger partial charge >= 0.3 is 6.03 Å². The van der Waals surface area contributed by atoms with E-state index in [0.29, 0.717) is 37.9 Å². The predicted molar refractivity (Wildman–Crippen MR) is 99.4 cm³/mol. The number of ether oxygens (including phenoxy) is 2. The minimum absolute atomic E-state index is 0.0424. The lowest BCUT2D eigenvalue weighted by Gasteiger charge is -2.27. The summed E-state index contributed by atoms with van der Waals surface area (Å²) in [5, 5.41) is 5.84. The standard InChI is InChI=1S/C18H25N3O5S/c1-25-15-5-4-14(19-17(22)20-18-6-2-3-13(18)12-18)11-16(15)27(23,24)21-7-9-26-10-8-21/h4-5,11,13H,2-3,6-10,12H2,1H3,(H2,19,20,22). The largest absolute Gasteiger partial charge is 0.495 e. The summed E-state index contributed by atoms with van der Waals surface area (Å²) in [6, 6.07) is 4.38. The number of carbonyl (C=O) groups excluding carboxylic acids is 1. The lowest BCUT2D eigenvalue weighted by molar-refractivity contribution is 0.0729. The maximum Gasteiger partial charge on any atom is 0.319 e. The van der Waals surface area contributed by atoms with Crippen molar-refractivity contribution in [3.63, 3.8) is 0 Å². The molecule has 9 heteroatoms. The first kappa shape index (κ1) is 18.5. The zero-order valence-corrected chi connectivity index (χ0v) is 16.2. The number of hydrogen-bond acceptors (Lipinski definition) is 5. The van der Waals surface area contributed by atoms with Crippen molar-refractivity contribution >= 4 is 21.7 Å². The second-order valence-electron chi connectivity index (χ2n) is 7.41. The Morgan fingerprint density at radius 2 is 2.11 bits per heavy atom. The lowest BCUT2D eigenvalue weighted by atomic mass is 10.2. The van der Waals surface area contributed by atoms with Crippen LogP contribution in [0, 0.1) is 5.92 Å². The maximum absolute atomic E-state index is 13.0. The number of anilines is 1. The Labute approximate surface area is 159 Å². The van der Waals surface area contributed by atoms with Crippen LogP contribution in [-0.2, 0) is 14.8 Å². The number of benzene rings is 1. The second-order valence-corrected chi connectivity index (χ2v) is 9.32. The monoisotopic (exact) mass is 395 g/mol. The van der Waals surface area contributed by atoms with Gasteiger partial charge in [0.2, 0.25) is 10.0 Å². The second kappa shape index (κ2) is 6.96. The molecule has 2 amide bonds. The molecule has 2 aliphatic carbocycles. The number of nitrogens with zero attached hydrogens (tertiary/aromatic N) is 1. The van der Waals surface area contributed by atoms with Crippen LogP contribution in [0.1, 0.15) is 25.7 Å². The third kappa shape index (κ3) is 3.51. The number of fused-ring (bicyclic) bond motifs is 1. The number of sulfonamides is 1. The van der Waals surface area contributed by atoms with Gasteiger partial charge in [0.1, 0.15) is 10.6 Å². The number of amides is 2. The Morgan fingerprint density at radius 1 is 1.33 bits per heavy atom. The number of methoxy groups -OCH3 is 1. The van der Waals surface area contributed by atoms with E-state index in [9.17, 15) is 13.2 Å². The van der Waals surface area contributed by atoms with E-state index < -0.39 is 10.0 Å². The summed E-state index contributed by atoms with van der Waals surface area (Å²) in [4.78, 5) is 12.4. The summed E-state index contributed by atoms with van der Waals surface area (Å²) in [7, 11) is -2.30. The van der Waals surface area contributed by atoms with Gasteiger partial charge in [0.05, 0.1) is 20.3 Å². The van der Waals surface area contributed by atoms with E-state index in [1.54, 1.807) is 12.1 Å². The van der Waals surface area contributed by atoms with Crippen LogP contribution in [0.15, 0.2) is 23.1 Å². The van der Waals surface area contributed by atoms with Gasteiger partial charge < -0.3 is 20.1 Å². The van der Waals surface area contributed by atoms with E-state index in [2.05, 4.69) is 10.6 Å². The van der Waals surface area contributed by atoms with E-state index in [-0.39, 0.29) is 22.2 Å². The van der Waals surface area contributed by atoms with E-state index in [4.69, 9.17) is 9.47 Å². The first-order valence-corrected chi connectivity index (χ1v) is 10.7. The van der Waals surface area contributed by atoms with E-state index in [0.717, 1.165) is 19.3 Å². The summed E-state index contributed by atoms with van der Waals surface area (Å²) in [5.74, 6) is 0.848. The quantitative estimate of drug-likeness (QED) is 0.792. The van der Waals surface area contributed by atoms with Crippen molar-refractivity contribution in [2.24, 2.45) is 5.92 Å². The molecule has 3 aliphatic rings. The van der Waals surface area contributed by atoms with Crippen molar-refractivity contribution in [3.05, 3.63) is 18.2 Å². The molecule has 1 saturated heterocycles. The molecule has 2 unspecified atom stereocenters. The van der Waals surface area contributed by atoms with Gasteiger partial charge in [0, 0.05) is 24.3 Å². The van der Waals surface area contributed by atoms with Crippen molar-refractivity contribution in [1.29, 1.82) is 0 Å². The molecule has 4 rings (SSSR count). The fourth-order valence-electron chi connectivity index (χ4n) is 4.22. The Morgan fingerprint density at radius 3 is 2.74 bits per heavy atom. The number of nitrogens with one attached hydrogen (secondary N) is 2. The van der Waals surface area contributed by atoms with Crippen LogP contribution in [0.2, 0.25) is 0 Å². The minimum atomic E-state index is -3.73. The topological polar surface area (TPSA) is 97.0 Å². The fourth-order valence-corrected chi connectivity index (χ4v) is 5.80. The average Bonchev–Trinajstić information content (AvgIpc) is 3.20. The molecule has 0 aromatic heterocycles. The Kier molecular flexibility index (Phi) is 4.77. The summed E-state index contributed by atoms with van der Waals surface area (Å²) < 4.78 is 37.9. The SMILES string of the molecule is COc1ccc(NC(=O)NC23CCCC2C3)cc1S(=O)(=O)N1CCOCC1. The van der Waals surface area contributed by atoms with E-state index in [1.165, 1.54) is 23.9 Å². The molecule has 1 aliphatic heterocycles. The van der Waals surface area contributed by atoms with Gasteiger partial charge in [-0.25, -0.2) is 13.2 Å². The summed E-state index contributed by atoms with van der Waals surface area (Å²) in [6.07, 6.45) is 4.38. The first-order chi connectivity index (χ1) is 12.9. The van der Waals surface area contributed by atoms with Gasteiger partial charge in [-0.15, -0.1) is 0 Å². The zero-order chi connectivity index (χ0) is 19.1. The highest BCUT2D eigenvalue weighted by molar-refractivity contribution is 7.89. The molecule has 0 radical (unpaired) electrons. The van der Waals surface area contributed by atoms with Crippen LogP contribution in [0.5, 0.6) is 5.75 Å². The van der Waals surface area contributed by atoms with Crippen LogP contribution in [0.25, 0.3) is 0 Å². The molecule has 0 spiro atoms. The molecule has 0 bridgehead atoms. The van der Waals surface area contributed by atoms with Gasteiger partial charge in [0.25, 0.3) is 0 Å². The minimum Gasteiger partial charge on any atom is -0.495 e. The smallest absolute Gasteiger partial charge is 0.319 e. The number of carbonyl (C=O) groups is 1. The van der Waals surface area contributed by atoms with Gasteiger partial charge in [0.15, 0.2) is 0 Å². The van der Waals surface area contributed by atoms with Gasteiger partial charge in [-0.05, 0) is 43.4 Å². The highest BCUT2D eigenvalue weighted by atomic mass is 32.2. The summed E-state index contributed by atoms with van der Waals surface area (Å²) in [6.45, 7) is 1.33. The Hall–Kier alpha value is -1.84. The van der Waals surface area contributed by atoms with Gasteiger partial charge in [-0.3, -0.25) is 0 Å². The van der Waals surface area contributed by atoms with Gasteiger partial charge in [-0.1, -0.05) is 6.42 Å². The molecule has 27 heavy (non-hydrogen) atoms. The highest BCUT2D eigenvalue weighted by Crippen LogP contribution is 2.55. The molecular weight excluding hydrogens is 370 g/mol. The molecule has 1 heterocycles. The molecule has 1 aromatic carbocycles. The van der Waals surface area contributed by atoms with Crippen LogP contribution >= 0.6 is 0 Å². The third-order valence-electron chi connectivity index (χ3n) is 5.78. The normalized spacial score (nSPS) is 27.7. The van der Waals surface area contributed by atoms with Gasteiger partial charge in [-0.2, -0.15) is 4.31 Å². The Bertz CT molecular complexity index is 837. The van der Waals surface area contributed by atoms with Crippen molar-refractivity contribution in [2.45, 2.75) is 36.1 Å². The van der Waals surface area contributed by atoms with E-state index in [1.807, 2.05) is 0 Å². The van der Waals surface area contributed by atoms with Crippen molar-refractivity contribution in [2.75, 3.05) is 38.7 Å². The molecule has 2 N–H and O–H groups in total. The van der Waals surface area contributed by atoms with Crippen molar-refractivity contribution in [1.82, 2.24) is 9.62 Å². The van der Waals surface area contributed by atoms with Crippen LogP contribution in [-0.4, -0.2) is 57.7 Å². The zero-order valence-electron chi connectivity index (χ0n) is 15.4. The molecule has 2 atom stereocenters. The van der Waals surface area contributed by atoms with Crippen LogP contribution in [0.3, 0.4) is 0 Å². The molecule has 3 fully saturated rings. The highest BCUT2D eigenvalue weighted by Gasteiger charge is 2.57. The lowest BCUT2D eigenvalue weighted by Crippen LogP contribution is -2.41. The average molecular weight is 395 g/mol. The summed E-state index contributed by atoms with van der Waals surface area (Å²) in [5.41, 5.74) is 0.380. The fraction of sp³-hybridized carbons (Fsp3) is 0.611. The molecular formula is C18H25N3O5S. The number of hydrogen-bond donors (Lipinski definition) is 2. The number of urea groups is 1. The molecule has 8 nitrogen and oxygen atoms in total. The Balaban J connectivity index is 1.52. The summed E-state index contributed by atoms with van der Waals surface area (Å²) >= 11 is 0. The van der Waals surface area contributed by atoms with Crippen molar-refractivity contribution < 1.29 is 22.7 Å². The van der Waals surface area contributed by atoms with Crippen molar-refractivity contribution in [3.8, 4) is 5.75 Å². The number of morpholine rings is 1. The molecule has 148 valence electrons. The van der Waals surface area contributed by atoms with E-state index >= 15 is 0 Å². The maximum atomic E-state index is 13.0. The molecule has 2 saturated carbocycles. The molecule has 1 aromatic rings. The number of rotatable bonds is 5. The third-order valence-corrected chi connectivity index (χ3v) is 7.70. The van der Waals surface area contributed by atoms with Crippen LogP contribution < -0.4 is 15.4 Å². The van der Waals surface area contributed by atoms with Crippen LogP contribution in [0.4, 0.5) is 10.5 Å².